The van der Waals surface area contributed by atoms with Crippen molar-refractivity contribution in [3.05, 3.63) is 47.2 Å². The van der Waals surface area contributed by atoms with Crippen LogP contribution in [0, 0.1) is 0 Å². The molecule has 1 heterocycles. The maximum atomic E-state index is 3.70. The van der Waals surface area contributed by atoms with Crippen molar-refractivity contribution >= 4 is 0 Å². The third kappa shape index (κ3) is 1.88. The second-order valence-electron chi connectivity index (χ2n) is 5.60. The van der Waals surface area contributed by atoms with E-state index >= 15 is 0 Å². The van der Waals surface area contributed by atoms with Crippen LogP contribution in [0.1, 0.15) is 49.4 Å². The Morgan fingerprint density at radius 2 is 1.72 bits per heavy atom. The number of nitrogens with one attached hydrogen (secondary N) is 1. The van der Waals surface area contributed by atoms with Crippen LogP contribution in [0.2, 0.25) is 0 Å². The molecule has 1 nitrogen and oxygen atoms in total. The van der Waals surface area contributed by atoms with E-state index in [0.29, 0.717) is 5.92 Å². The van der Waals surface area contributed by atoms with Gasteiger partial charge in [0.2, 0.25) is 0 Å². The van der Waals surface area contributed by atoms with Gasteiger partial charge in [-0.1, -0.05) is 44.2 Å². The second-order valence-corrected chi connectivity index (χ2v) is 5.60. The first kappa shape index (κ1) is 11.6. The Morgan fingerprint density at radius 3 is 2.44 bits per heavy atom. The van der Waals surface area contributed by atoms with E-state index in [1.807, 2.05) is 0 Å². The molecule has 18 heavy (non-hydrogen) atoms. The molecule has 0 saturated heterocycles. The van der Waals surface area contributed by atoms with Gasteiger partial charge in [-0.15, -0.1) is 0 Å². The van der Waals surface area contributed by atoms with E-state index in [1.54, 1.807) is 11.1 Å². The van der Waals surface area contributed by atoms with E-state index in [4.69, 9.17) is 0 Å². The molecule has 1 aromatic heterocycles. The third-order valence-electron chi connectivity index (χ3n) is 3.98. The minimum atomic E-state index is 0.596. The van der Waals surface area contributed by atoms with Gasteiger partial charge in [0.05, 0.1) is 0 Å². The zero-order chi connectivity index (χ0) is 12.5. The highest BCUT2D eigenvalue weighted by Crippen LogP contribution is 2.36. The van der Waals surface area contributed by atoms with Crippen molar-refractivity contribution in [2.45, 2.75) is 45.4 Å². The van der Waals surface area contributed by atoms with Crippen molar-refractivity contribution in [3.8, 4) is 11.3 Å². The summed E-state index contributed by atoms with van der Waals surface area (Å²) in [6.45, 7) is 4.62. The fraction of sp³-hybridized carbons (Fsp3) is 0.412. The number of aryl methyl sites for hydroxylation is 1. The van der Waals surface area contributed by atoms with Gasteiger partial charge in [-0.2, -0.15) is 0 Å². The number of aromatic amines is 1. The van der Waals surface area contributed by atoms with Gasteiger partial charge < -0.3 is 4.98 Å². The van der Waals surface area contributed by atoms with Gasteiger partial charge in [0, 0.05) is 11.4 Å². The van der Waals surface area contributed by atoms with Gasteiger partial charge in [-0.05, 0) is 48.3 Å². The Balaban J connectivity index is 2.17. The van der Waals surface area contributed by atoms with Gasteiger partial charge in [0.1, 0.15) is 0 Å². The number of benzene rings is 1. The normalized spacial score (nSPS) is 14.8. The minimum Gasteiger partial charge on any atom is -0.358 e. The highest BCUT2D eigenvalue weighted by molar-refractivity contribution is 5.67. The Bertz CT molecular complexity index is 534. The van der Waals surface area contributed by atoms with Gasteiger partial charge in [-0.3, -0.25) is 0 Å². The summed E-state index contributed by atoms with van der Waals surface area (Å²) in [5.74, 6) is 0.596. The zero-order valence-corrected chi connectivity index (χ0v) is 11.3. The average molecular weight is 239 g/mol. The molecule has 0 aliphatic heterocycles. The molecule has 94 valence electrons. The first-order valence-corrected chi connectivity index (χ1v) is 7.06. The number of H-pyrrole nitrogens is 1. The number of aromatic nitrogens is 1. The van der Waals surface area contributed by atoms with Crippen LogP contribution in [0.25, 0.3) is 11.3 Å². The first-order chi connectivity index (χ1) is 8.77. The lowest BCUT2D eigenvalue weighted by molar-refractivity contribution is 0.668. The Kier molecular flexibility index (Phi) is 2.99. The van der Waals surface area contributed by atoms with Crippen LogP contribution >= 0.6 is 0 Å². The van der Waals surface area contributed by atoms with Crippen LogP contribution in [0.15, 0.2) is 30.3 Å². The predicted octanol–water partition coefficient (Wildman–Crippen LogP) is 4.68. The molecule has 0 bridgehead atoms. The molecular formula is C17H21N. The van der Waals surface area contributed by atoms with Gasteiger partial charge in [-0.25, -0.2) is 0 Å². The summed E-state index contributed by atoms with van der Waals surface area (Å²) in [4.78, 5) is 3.70. The fourth-order valence-electron chi connectivity index (χ4n) is 3.18. The van der Waals surface area contributed by atoms with E-state index in [1.165, 1.54) is 42.6 Å². The summed E-state index contributed by atoms with van der Waals surface area (Å²) in [6.07, 6.45) is 5.16. The molecule has 1 aliphatic carbocycles. The van der Waals surface area contributed by atoms with E-state index in [-0.39, 0.29) is 0 Å². The monoisotopic (exact) mass is 239 g/mol. The Morgan fingerprint density at radius 1 is 1.00 bits per heavy atom. The summed E-state index contributed by atoms with van der Waals surface area (Å²) >= 11 is 0. The van der Waals surface area contributed by atoms with Crippen molar-refractivity contribution in [1.82, 2.24) is 4.98 Å². The minimum absolute atomic E-state index is 0.596. The summed E-state index contributed by atoms with van der Waals surface area (Å²) in [5, 5.41) is 0. The molecule has 2 aromatic rings. The average Bonchev–Trinajstić information content (AvgIpc) is 2.79. The quantitative estimate of drug-likeness (QED) is 0.783. The number of rotatable bonds is 2. The van der Waals surface area contributed by atoms with Crippen LogP contribution in [0.4, 0.5) is 0 Å². The molecule has 3 rings (SSSR count). The Hall–Kier alpha value is -1.50. The van der Waals surface area contributed by atoms with Gasteiger partial charge in [0.25, 0.3) is 0 Å². The lowest BCUT2D eigenvalue weighted by Crippen LogP contribution is -2.03. The maximum Gasteiger partial charge on any atom is 0.0494 e. The van der Waals surface area contributed by atoms with Crippen LogP contribution < -0.4 is 0 Å². The highest BCUT2D eigenvalue weighted by Gasteiger charge is 2.22. The van der Waals surface area contributed by atoms with E-state index < -0.39 is 0 Å². The SMILES string of the molecule is CC(C)c1c(-c2ccccc2)[nH]c2c1CCCC2. The maximum absolute atomic E-state index is 3.70. The van der Waals surface area contributed by atoms with Gasteiger partial charge in [0.15, 0.2) is 0 Å². The topological polar surface area (TPSA) is 15.8 Å². The smallest absolute Gasteiger partial charge is 0.0494 e. The summed E-state index contributed by atoms with van der Waals surface area (Å²) < 4.78 is 0. The van der Waals surface area contributed by atoms with Crippen molar-refractivity contribution in [3.63, 3.8) is 0 Å². The summed E-state index contributed by atoms with van der Waals surface area (Å²) in [6, 6.07) is 10.8. The third-order valence-corrected chi connectivity index (χ3v) is 3.98. The van der Waals surface area contributed by atoms with Gasteiger partial charge >= 0.3 is 0 Å². The Labute approximate surface area is 109 Å². The summed E-state index contributed by atoms with van der Waals surface area (Å²) in [7, 11) is 0. The molecule has 0 saturated carbocycles. The largest absolute Gasteiger partial charge is 0.358 e. The lowest BCUT2D eigenvalue weighted by atomic mass is 9.89. The molecule has 1 aromatic carbocycles. The van der Waals surface area contributed by atoms with Crippen molar-refractivity contribution in [2.75, 3.05) is 0 Å². The van der Waals surface area contributed by atoms with Crippen molar-refractivity contribution in [2.24, 2.45) is 0 Å². The number of hydrogen-bond acceptors (Lipinski definition) is 0. The number of hydrogen-bond donors (Lipinski definition) is 1. The first-order valence-electron chi connectivity index (χ1n) is 7.06. The van der Waals surface area contributed by atoms with Crippen LogP contribution in [0.5, 0.6) is 0 Å². The van der Waals surface area contributed by atoms with Crippen molar-refractivity contribution in [1.29, 1.82) is 0 Å². The molecule has 1 aliphatic rings. The van der Waals surface area contributed by atoms with Crippen LogP contribution in [-0.2, 0) is 12.8 Å². The molecule has 0 unspecified atom stereocenters. The van der Waals surface area contributed by atoms with E-state index in [9.17, 15) is 0 Å². The zero-order valence-electron chi connectivity index (χ0n) is 11.3. The molecule has 0 fully saturated rings. The molecule has 0 spiro atoms. The fourth-order valence-corrected chi connectivity index (χ4v) is 3.18. The van der Waals surface area contributed by atoms with Crippen LogP contribution in [0.3, 0.4) is 0 Å². The molecule has 0 radical (unpaired) electrons. The highest BCUT2D eigenvalue weighted by atomic mass is 14.7. The lowest BCUT2D eigenvalue weighted by Gasteiger charge is -2.15. The molecule has 1 N–H and O–H groups in total. The second kappa shape index (κ2) is 4.64. The predicted molar refractivity (Wildman–Crippen MR) is 77.0 cm³/mol. The molecule has 0 atom stereocenters. The van der Waals surface area contributed by atoms with E-state index in [2.05, 4.69) is 49.2 Å². The molecule has 0 amide bonds. The molecular weight excluding hydrogens is 218 g/mol. The standard InChI is InChI=1S/C17H21N/c1-12(2)16-14-10-6-7-11-15(14)18-17(16)13-8-4-3-5-9-13/h3-5,8-9,12,18H,6-7,10-11H2,1-2H3. The van der Waals surface area contributed by atoms with E-state index in [0.717, 1.165) is 0 Å². The molecule has 1 heteroatoms. The number of fused-ring (bicyclic) bond motifs is 1. The summed E-state index contributed by atoms with van der Waals surface area (Å²) in [5.41, 5.74) is 7.34. The van der Waals surface area contributed by atoms with Crippen LogP contribution in [-0.4, -0.2) is 4.98 Å². The van der Waals surface area contributed by atoms with Crippen molar-refractivity contribution < 1.29 is 0 Å².